The van der Waals surface area contributed by atoms with Crippen LogP contribution in [0.4, 0.5) is 0 Å². The molecule has 0 amide bonds. The van der Waals surface area contributed by atoms with Crippen LogP contribution in [-0.2, 0) is 19.7 Å². The van der Waals surface area contributed by atoms with E-state index in [4.69, 9.17) is 32.7 Å². The molecule has 2 aliphatic carbocycles. The molecule has 2 unspecified atom stereocenters. The molecule has 0 aromatic carbocycles. The van der Waals surface area contributed by atoms with Crippen LogP contribution in [0, 0.1) is 10.1 Å². The van der Waals surface area contributed by atoms with Crippen molar-refractivity contribution in [1.82, 2.24) is 9.97 Å². The minimum atomic E-state index is -2.03. The lowest BCUT2D eigenvalue weighted by molar-refractivity contribution is -0.392. The lowest BCUT2D eigenvalue weighted by Crippen LogP contribution is -2.56. The maximum Gasteiger partial charge on any atom is 0.325 e. The average molecular weight is 398 g/mol. The summed E-state index contributed by atoms with van der Waals surface area (Å²) in [5.41, 5.74) is 0.873. The Hall–Kier alpha value is -1.87. The van der Waals surface area contributed by atoms with Gasteiger partial charge in [-0.25, -0.2) is 9.97 Å². The molecule has 10 heteroatoms. The number of alkyl halides is 2. The van der Waals surface area contributed by atoms with Crippen molar-refractivity contribution < 1.29 is 19.2 Å². The molecule has 1 aliphatic heterocycles. The van der Waals surface area contributed by atoms with E-state index in [1.807, 2.05) is 13.8 Å². The third-order valence-corrected chi connectivity index (χ3v) is 6.21. The van der Waals surface area contributed by atoms with Crippen molar-refractivity contribution in [2.45, 2.75) is 36.3 Å². The highest BCUT2D eigenvalue weighted by Gasteiger charge is 2.65. The van der Waals surface area contributed by atoms with Gasteiger partial charge in [-0.3, -0.25) is 14.9 Å². The molecule has 0 bridgehead atoms. The molecule has 2 atom stereocenters. The van der Waals surface area contributed by atoms with Gasteiger partial charge in [0, 0.05) is 11.0 Å². The van der Waals surface area contributed by atoms with E-state index >= 15 is 0 Å². The summed E-state index contributed by atoms with van der Waals surface area (Å²) in [6.45, 7) is 5.10. The standard InChI is InChI=1S/C16H13Cl2N3O5/c1-7-8(5-22)14(2,3)12-10(7)20-11-9(19-12)4-15(17)16(18,26-6-25-15)13(11)21(23)24/h4-5H,6H2,1-3H3. The smallest absolute Gasteiger partial charge is 0.325 e. The van der Waals surface area contributed by atoms with Crippen LogP contribution < -0.4 is 10.7 Å². The summed E-state index contributed by atoms with van der Waals surface area (Å²) >= 11 is 12.8. The van der Waals surface area contributed by atoms with E-state index in [2.05, 4.69) is 9.97 Å². The molecular weight excluding hydrogens is 385 g/mol. The number of carbonyl (C=O) groups is 1. The van der Waals surface area contributed by atoms with Gasteiger partial charge in [-0.15, -0.1) is 0 Å². The molecular formula is C16H13Cl2N3O5. The van der Waals surface area contributed by atoms with E-state index in [1.54, 1.807) is 6.92 Å². The zero-order valence-electron chi connectivity index (χ0n) is 14.0. The van der Waals surface area contributed by atoms with Gasteiger partial charge in [0.1, 0.15) is 6.29 Å². The topological polar surface area (TPSA) is 104 Å². The number of aromatic nitrogens is 2. The summed E-state index contributed by atoms with van der Waals surface area (Å²) in [7, 11) is 0. The molecule has 2 heterocycles. The molecule has 0 spiro atoms. The summed E-state index contributed by atoms with van der Waals surface area (Å²) in [5, 5.41) is 8.07. The summed E-state index contributed by atoms with van der Waals surface area (Å²) in [5.74, 6) is 0. The van der Waals surface area contributed by atoms with Gasteiger partial charge in [-0.2, -0.15) is 0 Å². The number of ether oxygens (including phenoxy) is 2. The van der Waals surface area contributed by atoms with E-state index in [-0.39, 0.29) is 17.5 Å². The normalized spacial score (nSPS) is 31.2. The van der Waals surface area contributed by atoms with E-state index in [0.29, 0.717) is 22.5 Å². The van der Waals surface area contributed by atoms with Gasteiger partial charge < -0.3 is 9.47 Å². The Bertz CT molecular complexity index is 1050. The van der Waals surface area contributed by atoms with Crippen molar-refractivity contribution in [3.63, 3.8) is 0 Å². The third kappa shape index (κ3) is 1.90. The summed E-state index contributed by atoms with van der Waals surface area (Å²) in [6, 6.07) is 0. The number of hydrogen-bond acceptors (Lipinski definition) is 7. The Labute approximate surface area is 157 Å². The molecule has 0 radical (unpaired) electrons. The van der Waals surface area contributed by atoms with Crippen molar-refractivity contribution in [1.29, 1.82) is 0 Å². The number of hydrogen-bond donors (Lipinski definition) is 0. The highest BCUT2D eigenvalue weighted by Crippen LogP contribution is 2.50. The fourth-order valence-electron chi connectivity index (χ4n) is 3.66. The van der Waals surface area contributed by atoms with Crippen LogP contribution in [0.2, 0.25) is 0 Å². The Kier molecular flexibility index (Phi) is 3.44. The Balaban J connectivity index is 2.17. The lowest BCUT2D eigenvalue weighted by Gasteiger charge is -2.30. The largest absolute Gasteiger partial charge is 0.325 e. The van der Waals surface area contributed by atoms with E-state index < -0.39 is 26.2 Å². The number of nitro groups is 1. The van der Waals surface area contributed by atoms with Crippen LogP contribution in [0.5, 0.6) is 0 Å². The number of carbonyl (C=O) groups excluding carboxylic acids is 1. The number of allylic oxidation sites excluding steroid dienone is 2. The fraction of sp³-hybridized carbons (Fsp3) is 0.438. The van der Waals surface area contributed by atoms with E-state index in [1.165, 1.54) is 6.08 Å². The molecule has 1 aromatic rings. The molecule has 1 aromatic heterocycles. The molecule has 1 fully saturated rings. The SMILES string of the molecule is CC1=C(C=O)C(C)(C)c2nc3c(nc21)=C([N+](=O)[O-])C1(Cl)OCOC1(Cl)C=3. The summed E-state index contributed by atoms with van der Waals surface area (Å²) < 4.78 is 10.6. The molecule has 4 rings (SSSR count). The first kappa shape index (κ1) is 17.5. The summed E-state index contributed by atoms with van der Waals surface area (Å²) in [4.78, 5) is 31.6. The molecule has 136 valence electrons. The molecule has 8 nitrogen and oxygen atoms in total. The predicted octanol–water partition coefficient (Wildman–Crippen LogP) is 0.794. The molecule has 0 N–H and O–H groups in total. The second kappa shape index (κ2) is 5.10. The van der Waals surface area contributed by atoms with Crippen molar-refractivity contribution in [3.8, 4) is 0 Å². The first-order chi connectivity index (χ1) is 12.1. The van der Waals surface area contributed by atoms with Crippen molar-refractivity contribution >= 4 is 46.8 Å². The zero-order chi connectivity index (χ0) is 19.1. The average Bonchev–Trinajstić information content (AvgIpc) is 2.93. The van der Waals surface area contributed by atoms with Crippen LogP contribution in [0.1, 0.15) is 32.2 Å². The van der Waals surface area contributed by atoms with Gasteiger partial charge in [0.2, 0.25) is 5.06 Å². The quantitative estimate of drug-likeness (QED) is 0.314. The highest BCUT2D eigenvalue weighted by molar-refractivity contribution is 6.39. The zero-order valence-corrected chi connectivity index (χ0v) is 15.5. The first-order valence-corrected chi connectivity index (χ1v) is 8.45. The van der Waals surface area contributed by atoms with Crippen LogP contribution in [0.15, 0.2) is 5.57 Å². The fourth-order valence-corrected chi connectivity index (χ4v) is 4.27. The van der Waals surface area contributed by atoms with Crippen molar-refractivity contribution in [3.05, 3.63) is 37.8 Å². The van der Waals surface area contributed by atoms with Crippen molar-refractivity contribution in [2.24, 2.45) is 0 Å². The number of rotatable bonds is 2. The van der Waals surface area contributed by atoms with Gasteiger partial charge in [-0.1, -0.05) is 23.2 Å². The Morgan fingerprint density at radius 2 is 2.00 bits per heavy atom. The second-order valence-corrected chi connectivity index (χ2v) is 7.93. The molecule has 0 saturated carbocycles. The Morgan fingerprint density at radius 3 is 2.62 bits per heavy atom. The number of aldehydes is 1. The number of fused-ring (bicyclic) bond motifs is 3. The van der Waals surface area contributed by atoms with Gasteiger partial charge in [0.15, 0.2) is 12.1 Å². The maximum absolute atomic E-state index is 11.8. The number of nitrogens with zero attached hydrogens (tertiary/aromatic N) is 3. The minimum absolute atomic E-state index is 0.0483. The van der Waals surface area contributed by atoms with E-state index in [9.17, 15) is 14.9 Å². The second-order valence-electron chi connectivity index (χ2n) is 6.83. The Morgan fingerprint density at radius 1 is 1.31 bits per heavy atom. The number of halogens is 2. The van der Waals surface area contributed by atoms with Crippen molar-refractivity contribution in [2.75, 3.05) is 6.79 Å². The predicted molar refractivity (Wildman–Crippen MR) is 92.0 cm³/mol. The molecule has 3 aliphatic rings. The monoisotopic (exact) mass is 397 g/mol. The maximum atomic E-state index is 11.8. The van der Waals surface area contributed by atoms with Crippen LogP contribution in [0.25, 0.3) is 17.3 Å². The highest BCUT2D eigenvalue weighted by atomic mass is 35.5. The molecule has 1 saturated heterocycles. The lowest BCUT2D eigenvalue weighted by atomic mass is 9.85. The minimum Gasteiger partial charge on any atom is -0.325 e. The van der Waals surface area contributed by atoms with E-state index in [0.717, 1.165) is 6.29 Å². The van der Waals surface area contributed by atoms with Gasteiger partial charge in [0.25, 0.3) is 5.06 Å². The summed E-state index contributed by atoms with van der Waals surface area (Å²) in [6.07, 6.45) is 2.13. The van der Waals surface area contributed by atoms with Gasteiger partial charge in [-0.05, 0) is 32.4 Å². The van der Waals surface area contributed by atoms with Gasteiger partial charge in [0.05, 0.1) is 21.7 Å². The van der Waals surface area contributed by atoms with Crippen LogP contribution in [-0.4, -0.2) is 38.1 Å². The molecule has 26 heavy (non-hydrogen) atoms. The van der Waals surface area contributed by atoms with Gasteiger partial charge >= 0.3 is 5.70 Å². The third-order valence-electron chi connectivity index (χ3n) is 5.06. The first-order valence-electron chi connectivity index (χ1n) is 7.70. The van der Waals surface area contributed by atoms with Crippen LogP contribution >= 0.6 is 23.2 Å². The van der Waals surface area contributed by atoms with Crippen LogP contribution in [0.3, 0.4) is 0 Å².